The molecule has 0 bridgehead atoms. The lowest BCUT2D eigenvalue weighted by Crippen LogP contribution is -1.92. The van der Waals surface area contributed by atoms with Crippen molar-refractivity contribution < 1.29 is 4.79 Å². The predicted molar refractivity (Wildman–Crippen MR) is 64.8 cm³/mol. The largest absolute Gasteiger partial charge is 0.298 e. The fourth-order valence-corrected chi connectivity index (χ4v) is 2.51. The molecule has 0 aromatic heterocycles. The van der Waals surface area contributed by atoms with E-state index in [0.29, 0.717) is 0 Å². The molecular weight excluding hydrogens is 196 g/mol. The number of aldehydes is 1. The molecule has 16 heavy (non-hydrogen) atoms. The van der Waals surface area contributed by atoms with Crippen molar-refractivity contribution in [1.29, 1.82) is 0 Å². The zero-order valence-corrected chi connectivity index (χ0v) is 9.16. The molecule has 0 saturated heterocycles. The minimum atomic E-state index is 0.812. The molecule has 0 N–H and O–H groups in total. The zero-order valence-electron chi connectivity index (χ0n) is 9.16. The average molecular weight is 208 g/mol. The zero-order chi connectivity index (χ0) is 11.1. The Morgan fingerprint density at radius 2 is 1.88 bits per heavy atom. The molecule has 0 fully saturated rings. The Labute approximate surface area is 94.7 Å². The van der Waals surface area contributed by atoms with Gasteiger partial charge in [0, 0.05) is 5.56 Å². The number of hydrogen-bond donors (Lipinski definition) is 0. The van der Waals surface area contributed by atoms with E-state index in [4.69, 9.17) is 0 Å². The first kappa shape index (κ1) is 9.34. The van der Waals surface area contributed by atoms with Crippen LogP contribution < -0.4 is 0 Å². The van der Waals surface area contributed by atoms with E-state index >= 15 is 0 Å². The standard InChI is InChI=1S/C15H12O/c1-10-12(9-16)6-7-14-13-5-3-2-4-11(13)8-15(10)14/h2-7,9H,8H2,1H3. The van der Waals surface area contributed by atoms with E-state index in [2.05, 4.69) is 30.3 Å². The van der Waals surface area contributed by atoms with E-state index in [-0.39, 0.29) is 0 Å². The highest BCUT2D eigenvalue weighted by atomic mass is 16.1. The Hall–Kier alpha value is -1.89. The van der Waals surface area contributed by atoms with Crippen LogP contribution in [0.2, 0.25) is 0 Å². The normalized spacial score (nSPS) is 12.1. The van der Waals surface area contributed by atoms with E-state index in [1.54, 1.807) is 0 Å². The molecule has 2 aromatic rings. The van der Waals surface area contributed by atoms with Gasteiger partial charge in [-0.2, -0.15) is 0 Å². The topological polar surface area (TPSA) is 17.1 Å². The first-order chi connectivity index (χ1) is 7.81. The summed E-state index contributed by atoms with van der Waals surface area (Å²) in [6.07, 6.45) is 1.90. The SMILES string of the molecule is Cc1c(C=O)ccc2c1Cc1ccccc1-2. The molecule has 0 saturated carbocycles. The first-order valence-electron chi connectivity index (χ1n) is 5.47. The fourth-order valence-electron chi connectivity index (χ4n) is 2.51. The van der Waals surface area contributed by atoms with Crippen LogP contribution in [0.25, 0.3) is 11.1 Å². The summed E-state index contributed by atoms with van der Waals surface area (Å²) >= 11 is 0. The molecular formula is C15H12O. The molecule has 0 radical (unpaired) electrons. The van der Waals surface area contributed by atoms with Crippen LogP contribution in [-0.4, -0.2) is 6.29 Å². The number of hydrogen-bond acceptors (Lipinski definition) is 1. The van der Waals surface area contributed by atoms with Gasteiger partial charge in [0.1, 0.15) is 6.29 Å². The summed E-state index contributed by atoms with van der Waals surface area (Å²) < 4.78 is 0. The van der Waals surface area contributed by atoms with Crippen molar-refractivity contribution in [2.75, 3.05) is 0 Å². The number of benzene rings is 2. The molecule has 1 aliphatic rings. The molecule has 1 heteroatoms. The molecule has 0 spiro atoms. The summed E-state index contributed by atoms with van der Waals surface area (Å²) in [5.41, 5.74) is 7.22. The van der Waals surface area contributed by atoms with Gasteiger partial charge in [-0.1, -0.05) is 36.4 Å². The Bertz CT molecular complexity index is 582. The summed E-state index contributed by atoms with van der Waals surface area (Å²) in [4.78, 5) is 10.9. The molecule has 0 unspecified atom stereocenters. The van der Waals surface area contributed by atoms with Gasteiger partial charge in [0.25, 0.3) is 0 Å². The molecule has 0 amide bonds. The van der Waals surface area contributed by atoms with Gasteiger partial charge < -0.3 is 0 Å². The number of carbonyl (C=O) groups excluding carboxylic acids is 1. The third-order valence-electron chi connectivity index (χ3n) is 3.44. The molecule has 0 atom stereocenters. The number of rotatable bonds is 1. The Balaban J connectivity index is 2.28. The second-order valence-corrected chi connectivity index (χ2v) is 4.26. The van der Waals surface area contributed by atoms with Crippen LogP contribution in [0.1, 0.15) is 27.0 Å². The van der Waals surface area contributed by atoms with Gasteiger partial charge in [-0.15, -0.1) is 0 Å². The van der Waals surface area contributed by atoms with Crippen LogP contribution >= 0.6 is 0 Å². The summed E-state index contributed by atoms with van der Waals surface area (Å²) in [6.45, 7) is 2.04. The maximum absolute atomic E-state index is 10.9. The van der Waals surface area contributed by atoms with Gasteiger partial charge in [0.2, 0.25) is 0 Å². The monoisotopic (exact) mass is 208 g/mol. The summed E-state index contributed by atoms with van der Waals surface area (Å²) in [5.74, 6) is 0. The van der Waals surface area contributed by atoms with E-state index in [9.17, 15) is 4.79 Å². The fraction of sp³-hybridized carbons (Fsp3) is 0.133. The van der Waals surface area contributed by atoms with Crippen molar-refractivity contribution in [3.63, 3.8) is 0 Å². The highest BCUT2D eigenvalue weighted by Crippen LogP contribution is 2.38. The van der Waals surface area contributed by atoms with Crippen LogP contribution in [0.3, 0.4) is 0 Å². The van der Waals surface area contributed by atoms with E-state index in [1.165, 1.54) is 22.3 Å². The average Bonchev–Trinajstić information content (AvgIpc) is 2.69. The van der Waals surface area contributed by atoms with Crippen molar-refractivity contribution in [2.45, 2.75) is 13.3 Å². The van der Waals surface area contributed by atoms with Crippen molar-refractivity contribution in [3.8, 4) is 11.1 Å². The Kier molecular flexibility index (Phi) is 1.93. The Morgan fingerprint density at radius 1 is 1.06 bits per heavy atom. The summed E-state index contributed by atoms with van der Waals surface area (Å²) in [6, 6.07) is 12.4. The minimum absolute atomic E-state index is 0.812. The summed E-state index contributed by atoms with van der Waals surface area (Å²) in [7, 11) is 0. The summed E-state index contributed by atoms with van der Waals surface area (Å²) in [5, 5.41) is 0. The lowest BCUT2D eigenvalue weighted by Gasteiger charge is -2.06. The molecule has 0 heterocycles. The lowest BCUT2D eigenvalue weighted by molar-refractivity contribution is 0.112. The lowest BCUT2D eigenvalue weighted by atomic mass is 9.98. The molecule has 78 valence electrons. The Morgan fingerprint density at radius 3 is 2.69 bits per heavy atom. The van der Waals surface area contributed by atoms with Gasteiger partial charge >= 0.3 is 0 Å². The number of carbonyl (C=O) groups is 1. The van der Waals surface area contributed by atoms with Crippen molar-refractivity contribution in [1.82, 2.24) is 0 Å². The smallest absolute Gasteiger partial charge is 0.150 e. The van der Waals surface area contributed by atoms with Crippen molar-refractivity contribution in [3.05, 3.63) is 58.7 Å². The minimum Gasteiger partial charge on any atom is -0.298 e. The maximum atomic E-state index is 10.9. The molecule has 1 nitrogen and oxygen atoms in total. The van der Waals surface area contributed by atoms with Crippen LogP contribution in [0, 0.1) is 6.92 Å². The first-order valence-corrected chi connectivity index (χ1v) is 5.47. The van der Waals surface area contributed by atoms with Gasteiger partial charge in [0.05, 0.1) is 0 Å². The van der Waals surface area contributed by atoms with E-state index in [1.807, 2.05) is 13.0 Å². The van der Waals surface area contributed by atoms with Crippen LogP contribution in [0.15, 0.2) is 36.4 Å². The van der Waals surface area contributed by atoms with Gasteiger partial charge in [-0.25, -0.2) is 0 Å². The van der Waals surface area contributed by atoms with E-state index < -0.39 is 0 Å². The van der Waals surface area contributed by atoms with Crippen LogP contribution in [-0.2, 0) is 6.42 Å². The van der Waals surface area contributed by atoms with Crippen LogP contribution in [0.4, 0.5) is 0 Å². The molecule has 2 aromatic carbocycles. The third kappa shape index (κ3) is 1.15. The molecule has 0 aliphatic heterocycles. The van der Waals surface area contributed by atoms with Crippen molar-refractivity contribution in [2.24, 2.45) is 0 Å². The van der Waals surface area contributed by atoms with Gasteiger partial charge in [-0.05, 0) is 41.2 Å². The second-order valence-electron chi connectivity index (χ2n) is 4.26. The highest BCUT2D eigenvalue weighted by molar-refractivity contribution is 5.85. The van der Waals surface area contributed by atoms with Crippen molar-refractivity contribution >= 4 is 6.29 Å². The maximum Gasteiger partial charge on any atom is 0.150 e. The van der Waals surface area contributed by atoms with Gasteiger partial charge in [0.15, 0.2) is 0 Å². The third-order valence-corrected chi connectivity index (χ3v) is 3.44. The van der Waals surface area contributed by atoms with E-state index in [0.717, 1.165) is 23.8 Å². The highest BCUT2D eigenvalue weighted by Gasteiger charge is 2.20. The number of fused-ring (bicyclic) bond motifs is 3. The molecule has 1 aliphatic carbocycles. The molecule has 3 rings (SSSR count). The van der Waals surface area contributed by atoms with Crippen LogP contribution in [0.5, 0.6) is 0 Å². The quantitative estimate of drug-likeness (QED) is 0.560. The van der Waals surface area contributed by atoms with Gasteiger partial charge in [-0.3, -0.25) is 4.79 Å². The second kappa shape index (κ2) is 3.31. The predicted octanol–water partition coefficient (Wildman–Crippen LogP) is 3.38.